The third kappa shape index (κ3) is 4.02. The maximum Gasteiger partial charge on any atom is 0.241 e. The van der Waals surface area contributed by atoms with E-state index in [2.05, 4.69) is 0 Å². The van der Waals surface area contributed by atoms with Crippen LogP contribution in [-0.2, 0) is 25.6 Å². The summed E-state index contributed by atoms with van der Waals surface area (Å²) in [5.41, 5.74) is 1.22. The molecule has 0 spiro atoms. The normalized spacial score (nSPS) is 29.4. The molecule has 6 unspecified atom stereocenters. The summed E-state index contributed by atoms with van der Waals surface area (Å²) in [6.07, 6.45) is 2.84. The third-order valence-electron chi connectivity index (χ3n) is 10.2. The Morgan fingerprint density at radius 2 is 1.61 bits per heavy atom. The number of likely N-dealkylation sites (tertiary alicyclic amines) is 1. The third-order valence-corrected chi connectivity index (χ3v) is 10.2. The first-order chi connectivity index (χ1) is 21.1. The summed E-state index contributed by atoms with van der Waals surface area (Å²) >= 11 is 0. The summed E-state index contributed by atoms with van der Waals surface area (Å²) in [5.74, 6) is -5.93. The second-order valence-electron chi connectivity index (χ2n) is 12.5. The quantitative estimate of drug-likeness (QED) is 0.327. The Labute approximate surface area is 253 Å². The Kier molecular flexibility index (Phi) is 6.46. The van der Waals surface area contributed by atoms with Gasteiger partial charge in [-0.2, -0.15) is 0 Å². The van der Waals surface area contributed by atoms with Gasteiger partial charge in [-0.25, -0.2) is 9.29 Å². The fourth-order valence-electron chi connectivity index (χ4n) is 8.11. The molecule has 1 saturated carbocycles. The van der Waals surface area contributed by atoms with Crippen molar-refractivity contribution in [2.45, 2.75) is 32.1 Å². The van der Waals surface area contributed by atoms with Crippen molar-refractivity contribution in [2.24, 2.45) is 29.1 Å². The van der Waals surface area contributed by atoms with Crippen molar-refractivity contribution in [3.63, 3.8) is 0 Å². The van der Waals surface area contributed by atoms with E-state index in [9.17, 15) is 33.8 Å². The number of carbonyl (C=O) groups is 4. The molecular formula is C35H31FN2O6. The number of allylic oxidation sites excluding steroid dienone is 2. The molecule has 224 valence electrons. The molecule has 2 N–H and O–H groups in total. The molecule has 0 aromatic heterocycles. The number of hydrogen-bond donors (Lipinski definition) is 2. The van der Waals surface area contributed by atoms with Crippen molar-refractivity contribution in [2.75, 3.05) is 11.4 Å². The minimum absolute atomic E-state index is 0.129. The summed E-state index contributed by atoms with van der Waals surface area (Å²) in [5, 5.41) is 19.6. The van der Waals surface area contributed by atoms with E-state index < -0.39 is 52.5 Å². The van der Waals surface area contributed by atoms with E-state index in [1.165, 1.54) is 21.9 Å². The van der Waals surface area contributed by atoms with Crippen LogP contribution in [0.15, 0.2) is 84.4 Å². The van der Waals surface area contributed by atoms with Crippen molar-refractivity contribution in [1.82, 2.24) is 4.90 Å². The fourth-order valence-corrected chi connectivity index (χ4v) is 8.11. The summed E-state index contributed by atoms with van der Waals surface area (Å²) in [4.78, 5) is 58.5. The number of hydrogen-bond acceptors (Lipinski definition) is 6. The predicted molar refractivity (Wildman–Crippen MR) is 158 cm³/mol. The van der Waals surface area contributed by atoms with Crippen LogP contribution in [0.3, 0.4) is 0 Å². The molecule has 9 heteroatoms. The van der Waals surface area contributed by atoms with Gasteiger partial charge in [-0.3, -0.25) is 24.1 Å². The summed E-state index contributed by atoms with van der Waals surface area (Å²) in [6, 6.07) is 19.3. The van der Waals surface area contributed by atoms with E-state index in [1.807, 2.05) is 6.08 Å². The number of phenolic OH excluding ortho intramolecular Hbond substituents is 2. The number of halogens is 1. The van der Waals surface area contributed by atoms with Gasteiger partial charge in [0.15, 0.2) is 11.6 Å². The molecule has 2 aliphatic heterocycles. The van der Waals surface area contributed by atoms with Crippen LogP contribution < -0.4 is 4.90 Å². The summed E-state index contributed by atoms with van der Waals surface area (Å²) in [6.45, 7) is 1.93. The molecule has 3 aromatic rings. The molecule has 44 heavy (non-hydrogen) atoms. The Morgan fingerprint density at radius 3 is 2.32 bits per heavy atom. The van der Waals surface area contributed by atoms with Crippen LogP contribution in [0.1, 0.15) is 36.8 Å². The lowest BCUT2D eigenvalue weighted by molar-refractivity contribution is -0.140. The number of rotatable bonds is 5. The topological polar surface area (TPSA) is 115 Å². The van der Waals surface area contributed by atoms with Gasteiger partial charge in [0.2, 0.25) is 23.6 Å². The zero-order valence-electron chi connectivity index (χ0n) is 24.0. The lowest BCUT2D eigenvalue weighted by Gasteiger charge is -2.49. The summed E-state index contributed by atoms with van der Waals surface area (Å²) in [7, 11) is 0. The molecule has 3 aromatic carbocycles. The molecule has 0 bridgehead atoms. The molecule has 4 amide bonds. The van der Waals surface area contributed by atoms with Gasteiger partial charge < -0.3 is 10.2 Å². The molecule has 0 radical (unpaired) electrons. The molecule has 3 fully saturated rings. The zero-order valence-corrected chi connectivity index (χ0v) is 24.0. The number of para-hydroxylation sites is 1. The second-order valence-corrected chi connectivity index (χ2v) is 12.5. The number of anilines is 1. The zero-order chi connectivity index (χ0) is 30.9. The molecule has 4 aliphatic rings. The maximum atomic E-state index is 14.8. The van der Waals surface area contributed by atoms with Crippen LogP contribution in [-0.4, -0.2) is 45.3 Å². The first-order valence-electron chi connectivity index (χ1n) is 14.9. The van der Waals surface area contributed by atoms with Crippen molar-refractivity contribution < 1.29 is 33.8 Å². The van der Waals surface area contributed by atoms with E-state index in [0.29, 0.717) is 24.1 Å². The minimum Gasteiger partial charge on any atom is -0.508 e. The molecule has 2 aliphatic carbocycles. The van der Waals surface area contributed by atoms with Gasteiger partial charge in [-0.15, -0.1) is 0 Å². The van der Waals surface area contributed by atoms with Crippen LogP contribution in [0.5, 0.6) is 11.5 Å². The van der Waals surface area contributed by atoms with E-state index in [-0.39, 0.29) is 36.4 Å². The van der Waals surface area contributed by atoms with Gasteiger partial charge in [0.05, 0.1) is 28.9 Å². The molecule has 2 heterocycles. The minimum atomic E-state index is -1.28. The fraction of sp³-hybridized carbons (Fsp3) is 0.314. The lowest BCUT2D eigenvalue weighted by Crippen LogP contribution is -2.48. The highest BCUT2D eigenvalue weighted by atomic mass is 19.1. The van der Waals surface area contributed by atoms with Crippen LogP contribution in [0.4, 0.5) is 10.1 Å². The standard InChI is InChI=1S/C35H31FN2O6/c1-35-26(32(42)38(34(35)44)21-5-3-2-4-6-21)18-25-23(30(35)20-9-14-28(40)27(36)17-20)12-13-24-29(25)33(43)37(31(24)41)16-15-19-7-10-22(39)11-8-19/h2-12,14,17,24-26,29-30,39-40H,13,15-16,18H2,1H3. The number of fused-ring (bicyclic) bond motifs is 4. The van der Waals surface area contributed by atoms with Gasteiger partial charge >= 0.3 is 0 Å². The molecule has 2 saturated heterocycles. The highest BCUT2D eigenvalue weighted by molar-refractivity contribution is 6.24. The average molecular weight is 595 g/mol. The Morgan fingerprint density at radius 1 is 0.886 bits per heavy atom. The number of phenols is 2. The van der Waals surface area contributed by atoms with Gasteiger partial charge in [-0.05, 0) is 79.6 Å². The molecular weight excluding hydrogens is 563 g/mol. The van der Waals surface area contributed by atoms with E-state index in [4.69, 9.17) is 0 Å². The highest BCUT2D eigenvalue weighted by Gasteiger charge is 2.67. The number of imide groups is 2. The number of amides is 4. The molecule has 8 nitrogen and oxygen atoms in total. The first-order valence-corrected chi connectivity index (χ1v) is 14.9. The lowest BCUT2D eigenvalue weighted by atomic mass is 9.51. The van der Waals surface area contributed by atoms with Gasteiger partial charge in [0.1, 0.15) is 5.75 Å². The van der Waals surface area contributed by atoms with E-state index >= 15 is 0 Å². The van der Waals surface area contributed by atoms with Crippen molar-refractivity contribution >= 4 is 29.3 Å². The number of aromatic hydroxyl groups is 2. The SMILES string of the molecule is CC12C(=O)N(c3ccccc3)C(=O)C1CC1C(=CCC3C(=O)N(CCc4ccc(O)cc4)C(=O)C31)C2c1ccc(O)c(F)c1. The number of benzene rings is 3. The van der Waals surface area contributed by atoms with E-state index in [1.54, 1.807) is 67.6 Å². The van der Waals surface area contributed by atoms with E-state index in [0.717, 1.165) is 11.1 Å². The van der Waals surface area contributed by atoms with Crippen LogP contribution >= 0.6 is 0 Å². The Bertz CT molecular complexity index is 1740. The van der Waals surface area contributed by atoms with Crippen molar-refractivity contribution in [1.29, 1.82) is 0 Å². The second kappa shape index (κ2) is 10.1. The van der Waals surface area contributed by atoms with Crippen LogP contribution in [0, 0.1) is 34.9 Å². The Hall–Kier alpha value is -4.79. The van der Waals surface area contributed by atoms with Crippen LogP contribution in [0.25, 0.3) is 0 Å². The van der Waals surface area contributed by atoms with Gasteiger partial charge in [-0.1, -0.05) is 48.0 Å². The maximum absolute atomic E-state index is 14.8. The Balaban J connectivity index is 1.29. The number of carbonyl (C=O) groups excluding carboxylic acids is 4. The van der Waals surface area contributed by atoms with Crippen molar-refractivity contribution in [3.05, 3.63) is 101 Å². The molecule has 7 rings (SSSR count). The monoisotopic (exact) mass is 594 g/mol. The van der Waals surface area contributed by atoms with Gasteiger partial charge in [0.25, 0.3) is 0 Å². The van der Waals surface area contributed by atoms with Crippen LogP contribution in [0.2, 0.25) is 0 Å². The predicted octanol–water partition coefficient (Wildman–Crippen LogP) is 4.71. The number of nitrogens with zero attached hydrogens (tertiary/aromatic N) is 2. The smallest absolute Gasteiger partial charge is 0.241 e. The van der Waals surface area contributed by atoms with Crippen molar-refractivity contribution in [3.8, 4) is 11.5 Å². The summed E-state index contributed by atoms with van der Waals surface area (Å²) < 4.78 is 14.8. The largest absolute Gasteiger partial charge is 0.508 e. The van der Waals surface area contributed by atoms with Gasteiger partial charge in [0, 0.05) is 12.5 Å². The molecule has 6 atom stereocenters. The average Bonchev–Trinajstić information content (AvgIpc) is 3.38. The first kappa shape index (κ1) is 28.0. The highest BCUT2D eigenvalue weighted by Crippen LogP contribution is 2.63.